The molecule has 26 heavy (non-hydrogen) atoms. The second kappa shape index (κ2) is 7.77. The van der Waals surface area contributed by atoms with Crippen LogP contribution in [0, 0.1) is 11.8 Å². The van der Waals surface area contributed by atoms with Crippen molar-refractivity contribution in [1.29, 1.82) is 0 Å². The molecule has 1 heterocycles. The molecule has 0 aromatic heterocycles. The summed E-state index contributed by atoms with van der Waals surface area (Å²) in [5.74, 6) is 5.33. The highest BCUT2D eigenvalue weighted by molar-refractivity contribution is 9.10. The Morgan fingerprint density at radius 1 is 1.31 bits per heavy atom. The first-order valence-electron chi connectivity index (χ1n) is 8.17. The zero-order chi connectivity index (χ0) is 19.6. The first kappa shape index (κ1) is 21.0. The van der Waals surface area contributed by atoms with Crippen LogP contribution in [0.1, 0.15) is 40.2 Å². The van der Waals surface area contributed by atoms with Gasteiger partial charge in [-0.15, -0.1) is 0 Å². The molecule has 1 fully saturated rings. The Morgan fingerprint density at radius 3 is 2.46 bits per heavy atom. The van der Waals surface area contributed by atoms with E-state index in [0.29, 0.717) is 10.6 Å². The summed E-state index contributed by atoms with van der Waals surface area (Å²) in [6, 6.07) is 5.41. The smallest absolute Gasteiger partial charge is 0.409 e. The Labute approximate surface area is 167 Å². The lowest BCUT2D eigenvalue weighted by molar-refractivity contribution is -0.262. The molecule has 0 atom stereocenters. The Hall–Kier alpha value is -1.26. The van der Waals surface area contributed by atoms with Gasteiger partial charge in [0.05, 0.1) is 18.2 Å². The third-order valence-corrected chi connectivity index (χ3v) is 4.25. The molecule has 2 rings (SSSR count). The van der Waals surface area contributed by atoms with Gasteiger partial charge in [-0.1, -0.05) is 39.4 Å². The molecule has 1 amide bonds. The Kier molecular flexibility index (Phi) is 6.29. The van der Waals surface area contributed by atoms with Crippen LogP contribution in [0.3, 0.4) is 0 Å². The number of carbonyl (C=O) groups is 1. The van der Waals surface area contributed by atoms with Gasteiger partial charge in [-0.05, 0) is 52.8 Å². The number of benzene rings is 1. The predicted molar refractivity (Wildman–Crippen MR) is 104 cm³/mol. The molecule has 0 saturated carbocycles. The summed E-state index contributed by atoms with van der Waals surface area (Å²) in [6.07, 6.45) is -0.583. The van der Waals surface area contributed by atoms with Crippen LogP contribution in [-0.2, 0) is 14.2 Å². The molecule has 0 unspecified atom stereocenters. The first-order valence-corrected chi connectivity index (χ1v) is 9.34. The first-order chi connectivity index (χ1) is 11.9. The van der Waals surface area contributed by atoms with Gasteiger partial charge in [-0.2, -0.15) is 0 Å². The quantitative estimate of drug-likeness (QED) is 0.648. The van der Waals surface area contributed by atoms with Crippen molar-refractivity contribution in [1.82, 2.24) is 5.32 Å². The molecule has 1 aliphatic rings. The van der Waals surface area contributed by atoms with E-state index in [2.05, 4.69) is 33.1 Å². The fourth-order valence-corrected chi connectivity index (χ4v) is 2.85. The molecular formula is C19H23BrClNO4. The molecule has 1 N–H and O–H groups in total. The van der Waals surface area contributed by atoms with Crippen LogP contribution in [0.4, 0.5) is 4.79 Å². The van der Waals surface area contributed by atoms with Crippen LogP contribution in [0.5, 0.6) is 0 Å². The topological polar surface area (TPSA) is 56.8 Å². The molecule has 5 nitrogen and oxygen atoms in total. The van der Waals surface area contributed by atoms with E-state index in [9.17, 15) is 4.79 Å². The van der Waals surface area contributed by atoms with Gasteiger partial charge in [0.15, 0.2) is 11.3 Å². The molecule has 1 saturated heterocycles. The van der Waals surface area contributed by atoms with E-state index >= 15 is 0 Å². The molecule has 0 radical (unpaired) electrons. The van der Waals surface area contributed by atoms with Crippen molar-refractivity contribution >= 4 is 33.6 Å². The monoisotopic (exact) mass is 443 g/mol. The molecule has 1 aliphatic heterocycles. The minimum atomic E-state index is -1.03. The van der Waals surface area contributed by atoms with Crippen LogP contribution in [0.25, 0.3) is 0 Å². The maximum Gasteiger partial charge on any atom is 0.409 e. The van der Waals surface area contributed by atoms with E-state index in [1.54, 1.807) is 32.9 Å². The summed E-state index contributed by atoms with van der Waals surface area (Å²) >= 11 is 9.59. The third-order valence-electron chi connectivity index (χ3n) is 3.44. The van der Waals surface area contributed by atoms with E-state index < -0.39 is 23.0 Å². The second-order valence-corrected chi connectivity index (χ2v) is 8.88. The number of carbonyl (C=O) groups excluding carboxylic acids is 1. The number of alkyl carbamates (subject to hydrolysis) is 1. The van der Waals surface area contributed by atoms with Crippen molar-refractivity contribution in [3.05, 3.63) is 33.3 Å². The lowest BCUT2D eigenvalue weighted by atomic mass is 10.0. The normalized spacial score (nSPS) is 18.4. The summed E-state index contributed by atoms with van der Waals surface area (Å²) in [6.45, 7) is 9.34. The summed E-state index contributed by atoms with van der Waals surface area (Å²) in [4.78, 5) is 12.3. The average Bonchev–Trinajstić information content (AvgIpc) is 2.47. The SMILES string of the molecule is CC(C)(C)OC(=O)NC1(C#Cc2ccc(Br)cc2Cl)COC(C)(C)OC1. The molecule has 1 aromatic rings. The minimum absolute atomic E-state index is 0.167. The van der Waals surface area contributed by atoms with Gasteiger partial charge in [0.1, 0.15) is 5.60 Å². The highest BCUT2D eigenvalue weighted by atomic mass is 79.9. The van der Waals surface area contributed by atoms with E-state index in [4.69, 9.17) is 25.8 Å². The lowest BCUT2D eigenvalue weighted by Crippen LogP contribution is -2.60. The fraction of sp³-hybridized carbons (Fsp3) is 0.526. The maximum absolute atomic E-state index is 12.3. The number of amides is 1. The third kappa shape index (κ3) is 6.17. The van der Waals surface area contributed by atoms with Crippen molar-refractivity contribution in [2.75, 3.05) is 13.2 Å². The van der Waals surface area contributed by atoms with Gasteiger partial charge in [-0.3, -0.25) is 0 Å². The van der Waals surface area contributed by atoms with Crippen LogP contribution in [-0.4, -0.2) is 36.2 Å². The Morgan fingerprint density at radius 2 is 1.92 bits per heavy atom. The fourth-order valence-electron chi connectivity index (χ4n) is 2.13. The molecule has 0 aliphatic carbocycles. The van der Waals surface area contributed by atoms with Crippen LogP contribution in [0.15, 0.2) is 22.7 Å². The molecule has 0 bridgehead atoms. The van der Waals surface area contributed by atoms with Gasteiger partial charge in [0.25, 0.3) is 0 Å². The number of rotatable bonds is 1. The van der Waals surface area contributed by atoms with Crippen LogP contribution < -0.4 is 5.32 Å². The van der Waals surface area contributed by atoms with Gasteiger partial charge < -0.3 is 19.5 Å². The van der Waals surface area contributed by atoms with Gasteiger partial charge in [0.2, 0.25) is 0 Å². The summed E-state index contributed by atoms with van der Waals surface area (Å²) in [5.41, 5.74) is -1.01. The second-order valence-electron chi connectivity index (χ2n) is 7.56. The van der Waals surface area contributed by atoms with Crippen molar-refractivity contribution < 1.29 is 19.0 Å². The van der Waals surface area contributed by atoms with Crippen LogP contribution in [0.2, 0.25) is 5.02 Å². The highest BCUT2D eigenvalue weighted by Crippen LogP contribution is 2.25. The molecule has 0 spiro atoms. The minimum Gasteiger partial charge on any atom is -0.444 e. The van der Waals surface area contributed by atoms with E-state index in [1.165, 1.54) is 0 Å². The average molecular weight is 445 g/mol. The van der Waals surface area contributed by atoms with Crippen molar-refractivity contribution in [3.63, 3.8) is 0 Å². The number of ether oxygens (including phenoxy) is 3. The molecule has 7 heteroatoms. The van der Waals surface area contributed by atoms with Crippen molar-refractivity contribution in [3.8, 4) is 11.8 Å². The summed E-state index contributed by atoms with van der Waals surface area (Å²) in [5, 5.41) is 3.30. The Balaban J connectivity index is 2.27. The van der Waals surface area contributed by atoms with Gasteiger partial charge in [0, 0.05) is 10.0 Å². The van der Waals surface area contributed by atoms with E-state index in [1.807, 2.05) is 19.9 Å². The summed E-state index contributed by atoms with van der Waals surface area (Å²) in [7, 11) is 0. The van der Waals surface area contributed by atoms with Crippen molar-refractivity contribution in [2.24, 2.45) is 0 Å². The summed E-state index contributed by atoms with van der Waals surface area (Å²) < 4.78 is 17.6. The zero-order valence-corrected chi connectivity index (χ0v) is 17.9. The maximum atomic E-state index is 12.3. The molecule has 142 valence electrons. The molecular weight excluding hydrogens is 422 g/mol. The predicted octanol–water partition coefficient (Wildman–Crippen LogP) is 4.50. The molecule has 1 aromatic carbocycles. The number of hydrogen-bond acceptors (Lipinski definition) is 4. The Bertz CT molecular complexity index is 736. The van der Waals surface area contributed by atoms with Gasteiger partial charge in [-0.25, -0.2) is 4.79 Å². The number of hydrogen-bond donors (Lipinski definition) is 1. The highest BCUT2D eigenvalue weighted by Gasteiger charge is 2.41. The van der Waals surface area contributed by atoms with Crippen LogP contribution >= 0.6 is 27.5 Å². The zero-order valence-electron chi connectivity index (χ0n) is 15.5. The standard InChI is InChI=1S/C19H23BrClNO4/c1-17(2,3)26-16(23)22-19(11-24-18(4,5)25-12-19)9-8-13-6-7-14(20)10-15(13)21/h6-7,10H,11-12H2,1-5H3,(H,22,23). The van der Waals surface area contributed by atoms with E-state index in [-0.39, 0.29) is 13.2 Å². The number of nitrogens with one attached hydrogen (secondary N) is 1. The largest absolute Gasteiger partial charge is 0.444 e. The lowest BCUT2D eigenvalue weighted by Gasteiger charge is -2.41. The van der Waals surface area contributed by atoms with E-state index in [0.717, 1.165) is 4.47 Å². The number of halogens is 2. The van der Waals surface area contributed by atoms with Crippen molar-refractivity contribution in [2.45, 2.75) is 51.5 Å². The van der Waals surface area contributed by atoms with Gasteiger partial charge >= 0.3 is 6.09 Å².